The zero-order chi connectivity index (χ0) is 10.4. The molecule has 78 valence electrons. The van der Waals surface area contributed by atoms with Crippen molar-refractivity contribution in [3.63, 3.8) is 0 Å². The number of anilines is 1. The van der Waals surface area contributed by atoms with Gasteiger partial charge < -0.3 is 15.9 Å². The van der Waals surface area contributed by atoms with Crippen molar-refractivity contribution in [2.75, 3.05) is 32.0 Å². The van der Waals surface area contributed by atoms with Crippen molar-refractivity contribution in [3.8, 4) is 0 Å². The van der Waals surface area contributed by atoms with Crippen LogP contribution in [0, 0.1) is 0 Å². The monoisotopic (exact) mass is 197 g/mol. The number of nitrogen functional groups attached to an aromatic ring is 1. The first-order chi connectivity index (χ1) is 6.77. The summed E-state index contributed by atoms with van der Waals surface area (Å²) in [6.45, 7) is 1.42. The van der Waals surface area contributed by atoms with Gasteiger partial charge in [0, 0.05) is 17.8 Å². The molecule has 0 saturated carbocycles. The highest BCUT2D eigenvalue weighted by Gasteiger charge is 2.09. The maximum atomic E-state index is 8.85. The van der Waals surface area contributed by atoms with Crippen molar-refractivity contribution in [1.82, 2.24) is 0 Å². The Labute approximate surface area is 83.6 Å². The molecule has 0 fully saturated rings. The van der Waals surface area contributed by atoms with Crippen LogP contribution in [0.4, 0.5) is 11.4 Å². The van der Waals surface area contributed by atoms with E-state index in [4.69, 9.17) is 15.9 Å². The maximum Gasteiger partial charge on any atom is 0.131 e. The molecule has 0 spiro atoms. The molecule has 1 rings (SSSR count). The Bertz CT molecular complexity index is 255. The molecule has 4 heteroatoms. The Hall–Kier alpha value is -1.10. The van der Waals surface area contributed by atoms with E-state index >= 15 is 0 Å². The van der Waals surface area contributed by atoms with Gasteiger partial charge in [0.05, 0.1) is 13.2 Å². The van der Waals surface area contributed by atoms with Crippen LogP contribution in [-0.4, -0.2) is 36.5 Å². The Morgan fingerprint density at radius 2 is 1.50 bits per heavy atom. The number of nitrogens with one attached hydrogen (secondary N) is 1. The zero-order valence-electron chi connectivity index (χ0n) is 8.11. The largest absolute Gasteiger partial charge is 0.399 e. The van der Waals surface area contributed by atoms with Crippen LogP contribution >= 0.6 is 0 Å². The summed E-state index contributed by atoms with van der Waals surface area (Å²) in [6.07, 6.45) is 0. The molecule has 0 heterocycles. The number of hydrogen-bond donors (Lipinski definition) is 4. The summed E-state index contributed by atoms with van der Waals surface area (Å²) in [6, 6.07) is 7.47. The second kappa shape index (κ2) is 5.59. The van der Waals surface area contributed by atoms with E-state index in [0.717, 1.165) is 16.3 Å². The van der Waals surface area contributed by atoms with Gasteiger partial charge in [-0.1, -0.05) is 0 Å². The Kier molecular flexibility index (Phi) is 4.39. The molecule has 5 N–H and O–H groups in total. The summed E-state index contributed by atoms with van der Waals surface area (Å²) >= 11 is 0. The summed E-state index contributed by atoms with van der Waals surface area (Å²) in [5.74, 6) is 0. The van der Waals surface area contributed by atoms with Gasteiger partial charge in [-0.05, 0) is 12.1 Å². The third-order valence-electron chi connectivity index (χ3n) is 2.15. The van der Waals surface area contributed by atoms with Crippen LogP contribution in [-0.2, 0) is 0 Å². The molecule has 0 saturated heterocycles. The van der Waals surface area contributed by atoms with Crippen molar-refractivity contribution in [1.29, 1.82) is 0 Å². The fraction of sp³-hybridized carbons (Fsp3) is 0.400. The van der Waals surface area contributed by atoms with E-state index < -0.39 is 0 Å². The Balaban J connectivity index is 2.71. The lowest BCUT2D eigenvalue weighted by Gasteiger charge is -2.16. The minimum atomic E-state index is 0.111. The smallest absolute Gasteiger partial charge is 0.131 e. The number of rotatable bonds is 5. The van der Waals surface area contributed by atoms with E-state index in [-0.39, 0.29) is 13.2 Å². The van der Waals surface area contributed by atoms with E-state index in [2.05, 4.69) is 0 Å². The molecule has 14 heavy (non-hydrogen) atoms. The minimum absolute atomic E-state index is 0.111. The van der Waals surface area contributed by atoms with Crippen molar-refractivity contribution < 1.29 is 15.1 Å². The highest BCUT2D eigenvalue weighted by Crippen LogP contribution is 2.05. The van der Waals surface area contributed by atoms with Crippen molar-refractivity contribution >= 4 is 11.4 Å². The second-order valence-electron chi connectivity index (χ2n) is 3.17. The van der Waals surface area contributed by atoms with Gasteiger partial charge in [-0.2, -0.15) is 0 Å². The van der Waals surface area contributed by atoms with E-state index in [1.165, 1.54) is 0 Å². The molecule has 0 atom stereocenters. The first-order valence-electron chi connectivity index (χ1n) is 4.70. The van der Waals surface area contributed by atoms with Crippen LogP contribution in [0.25, 0.3) is 0 Å². The number of aliphatic hydroxyl groups excluding tert-OH is 2. The van der Waals surface area contributed by atoms with E-state index in [1.54, 1.807) is 0 Å². The van der Waals surface area contributed by atoms with Crippen LogP contribution in [0.1, 0.15) is 0 Å². The summed E-state index contributed by atoms with van der Waals surface area (Å²) in [5, 5.41) is 17.7. The lowest BCUT2D eigenvalue weighted by molar-refractivity contribution is -0.833. The molecule has 0 aliphatic carbocycles. The lowest BCUT2D eigenvalue weighted by Crippen LogP contribution is -3.08. The summed E-state index contributed by atoms with van der Waals surface area (Å²) in [5.41, 5.74) is 7.33. The number of aliphatic hydroxyl groups is 2. The van der Waals surface area contributed by atoms with Gasteiger partial charge in [-0.3, -0.25) is 4.90 Å². The third kappa shape index (κ3) is 2.99. The maximum absolute atomic E-state index is 8.85. The van der Waals surface area contributed by atoms with Crippen molar-refractivity contribution in [3.05, 3.63) is 24.3 Å². The van der Waals surface area contributed by atoms with Crippen LogP contribution in [0.15, 0.2) is 24.3 Å². The van der Waals surface area contributed by atoms with E-state index in [9.17, 15) is 0 Å². The number of hydrogen-bond acceptors (Lipinski definition) is 3. The average Bonchev–Trinajstić information content (AvgIpc) is 2.19. The predicted octanol–water partition coefficient (Wildman–Crippen LogP) is -1.23. The highest BCUT2D eigenvalue weighted by atomic mass is 16.3. The van der Waals surface area contributed by atoms with Crippen LogP contribution in [0.2, 0.25) is 0 Å². The molecular weight excluding hydrogens is 180 g/mol. The zero-order valence-corrected chi connectivity index (χ0v) is 8.11. The summed E-state index contributed by atoms with van der Waals surface area (Å²) in [4.78, 5) is 1.06. The molecular formula is C10H17N2O2+. The van der Waals surface area contributed by atoms with Crippen LogP contribution in [0.5, 0.6) is 0 Å². The fourth-order valence-electron chi connectivity index (χ4n) is 1.40. The topological polar surface area (TPSA) is 70.9 Å². The molecule has 0 radical (unpaired) electrons. The molecule has 0 amide bonds. The normalized spacial score (nSPS) is 10.8. The Morgan fingerprint density at radius 1 is 1.00 bits per heavy atom. The SMILES string of the molecule is Nc1ccc([NH+](CCO)CCO)cc1. The fourth-order valence-corrected chi connectivity index (χ4v) is 1.40. The van der Waals surface area contributed by atoms with Gasteiger partial charge in [-0.25, -0.2) is 0 Å². The van der Waals surface area contributed by atoms with Gasteiger partial charge in [-0.15, -0.1) is 0 Å². The van der Waals surface area contributed by atoms with Crippen LogP contribution < -0.4 is 10.6 Å². The molecule has 0 aromatic heterocycles. The van der Waals surface area contributed by atoms with Gasteiger partial charge in [0.15, 0.2) is 0 Å². The summed E-state index contributed by atoms with van der Waals surface area (Å²) < 4.78 is 0. The lowest BCUT2D eigenvalue weighted by atomic mass is 10.2. The van der Waals surface area contributed by atoms with Gasteiger partial charge in [0.1, 0.15) is 18.8 Å². The predicted molar refractivity (Wildman–Crippen MR) is 55.4 cm³/mol. The molecule has 0 aliphatic rings. The quantitative estimate of drug-likeness (QED) is 0.447. The average molecular weight is 197 g/mol. The van der Waals surface area contributed by atoms with Gasteiger partial charge in [0.25, 0.3) is 0 Å². The standard InChI is InChI=1S/C10H16N2O2/c11-9-1-3-10(4-2-9)12(5-7-13)6-8-14/h1-4,13-14H,5-8,11H2/p+1. The van der Waals surface area contributed by atoms with Crippen molar-refractivity contribution in [2.24, 2.45) is 0 Å². The molecule has 4 nitrogen and oxygen atoms in total. The first-order valence-corrected chi connectivity index (χ1v) is 4.70. The van der Waals surface area contributed by atoms with Crippen LogP contribution in [0.3, 0.4) is 0 Å². The number of quaternary nitrogens is 1. The van der Waals surface area contributed by atoms with Crippen molar-refractivity contribution in [2.45, 2.75) is 0 Å². The Morgan fingerprint density at radius 3 is 1.93 bits per heavy atom. The molecule has 0 unspecified atom stereocenters. The summed E-state index contributed by atoms with van der Waals surface area (Å²) in [7, 11) is 0. The number of nitrogens with two attached hydrogens (primary N) is 1. The first kappa shape index (κ1) is 11.0. The highest BCUT2D eigenvalue weighted by molar-refractivity contribution is 5.44. The molecule has 0 aliphatic heterocycles. The van der Waals surface area contributed by atoms with Gasteiger partial charge >= 0.3 is 0 Å². The van der Waals surface area contributed by atoms with E-state index in [1.807, 2.05) is 24.3 Å². The van der Waals surface area contributed by atoms with Gasteiger partial charge in [0.2, 0.25) is 0 Å². The minimum Gasteiger partial charge on any atom is -0.399 e. The molecule has 1 aromatic rings. The second-order valence-corrected chi connectivity index (χ2v) is 3.17. The third-order valence-corrected chi connectivity index (χ3v) is 2.15. The van der Waals surface area contributed by atoms with E-state index in [0.29, 0.717) is 13.1 Å². The molecule has 1 aromatic carbocycles. The molecule has 0 bridgehead atoms. The number of benzene rings is 1.